The second-order valence-corrected chi connectivity index (χ2v) is 10.8. The minimum Gasteiger partial charge on any atom is -0.479 e. The number of ether oxygens (including phenoxy) is 1. The SMILES string of the molecule is Cc1cc2c(cc1S(=O)(=O)N1CCC[C@@H](C(=O)NC3CCCCC3)C1)O[C@H](C)C(=O)N2. The third-order valence-corrected chi connectivity index (χ3v) is 8.54. The van der Waals surface area contributed by atoms with Crippen LogP contribution in [0.25, 0.3) is 0 Å². The van der Waals surface area contributed by atoms with Gasteiger partial charge in [0.25, 0.3) is 5.91 Å². The molecule has 8 nitrogen and oxygen atoms in total. The molecular formula is C22H31N3O5S. The molecule has 1 aromatic rings. The van der Waals surface area contributed by atoms with Gasteiger partial charge in [0.1, 0.15) is 5.75 Å². The van der Waals surface area contributed by atoms with Crippen LogP contribution in [-0.4, -0.2) is 49.8 Å². The summed E-state index contributed by atoms with van der Waals surface area (Å²) in [6.07, 6.45) is 6.15. The maximum absolute atomic E-state index is 13.4. The van der Waals surface area contributed by atoms with Crippen LogP contribution in [0.5, 0.6) is 5.75 Å². The number of fused-ring (bicyclic) bond motifs is 1. The standard InChI is InChI=1S/C22H31N3O5S/c1-14-11-18-19(30-15(2)21(26)24-18)12-20(14)31(28,29)25-10-6-7-16(13-25)22(27)23-17-8-4-3-5-9-17/h11-12,15-17H,3-10,13H2,1-2H3,(H,23,27)(H,24,26)/t15-,16-/m1/s1. The van der Waals surface area contributed by atoms with Gasteiger partial charge in [-0.05, 0) is 51.2 Å². The summed E-state index contributed by atoms with van der Waals surface area (Å²) in [6, 6.07) is 3.33. The van der Waals surface area contributed by atoms with Crippen LogP contribution in [0.3, 0.4) is 0 Å². The molecule has 170 valence electrons. The number of piperidine rings is 1. The first-order valence-electron chi connectivity index (χ1n) is 11.2. The predicted octanol–water partition coefficient (Wildman–Crippen LogP) is 2.56. The van der Waals surface area contributed by atoms with Gasteiger partial charge in [-0.15, -0.1) is 0 Å². The van der Waals surface area contributed by atoms with Crippen molar-refractivity contribution in [2.24, 2.45) is 5.92 Å². The van der Waals surface area contributed by atoms with Gasteiger partial charge < -0.3 is 15.4 Å². The summed E-state index contributed by atoms with van der Waals surface area (Å²) < 4.78 is 33.9. The Morgan fingerprint density at radius 3 is 2.65 bits per heavy atom. The molecule has 2 N–H and O–H groups in total. The van der Waals surface area contributed by atoms with Gasteiger partial charge in [-0.2, -0.15) is 4.31 Å². The molecule has 9 heteroatoms. The predicted molar refractivity (Wildman–Crippen MR) is 116 cm³/mol. The fraction of sp³-hybridized carbons (Fsp3) is 0.636. The molecule has 3 aliphatic rings. The van der Waals surface area contributed by atoms with E-state index in [1.54, 1.807) is 19.9 Å². The van der Waals surface area contributed by atoms with Crippen molar-refractivity contribution in [3.8, 4) is 5.75 Å². The van der Waals surface area contributed by atoms with E-state index >= 15 is 0 Å². The highest BCUT2D eigenvalue weighted by atomic mass is 32.2. The average molecular weight is 450 g/mol. The van der Waals surface area contributed by atoms with Crippen molar-refractivity contribution < 1.29 is 22.7 Å². The number of rotatable bonds is 4. The first-order chi connectivity index (χ1) is 14.8. The Morgan fingerprint density at radius 2 is 1.90 bits per heavy atom. The van der Waals surface area contributed by atoms with Gasteiger partial charge in [-0.3, -0.25) is 9.59 Å². The first-order valence-corrected chi connectivity index (χ1v) is 12.6. The molecule has 0 bridgehead atoms. The number of aryl methyl sites for hydroxylation is 1. The molecule has 0 spiro atoms. The normalized spacial score (nSPS) is 25.3. The molecule has 1 saturated carbocycles. The van der Waals surface area contributed by atoms with E-state index < -0.39 is 16.1 Å². The Balaban J connectivity index is 1.51. The number of anilines is 1. The van der Waals surface area contributed by atoms with Crippen molar-refractivity contribution >= 4 is 27.5 Å². The molecule has 1 saturated heterocycles. The van der Waals surface area contributed by atoms with Gasteiger partial charge in [-0.1, -0.05) is 19.3 Å². The number of nitrogens with zero attached hydrogens (tertiary/aromatic N) is 1. The minimum atomic E-state index is -3.80. The Bertz CT molecular complexity index is 972. The summed E-state index contributed by atoms with van der Waals surface area (Å²) in [7, 11) is -3.80. The second-order valence-electron chi connectivity index (χ2n) is 8.91. The molecule has 1 aliphatic carbocycles. The summed E-state index contributed by atoms with van der Waals surface area (Å²) >= 11 is 0. The molecule has 1 aromatic carbocycles. The summed E-state index contributed by atoms with van der Waals surface area (Å²) in [5.74, 6) is -0.280. The number of carbonyl (C=O) groups excluding carboxylic acids is 2. The summed E-state index contributed by atoms with van der Waals surface area (Å²) in [5.41, 5.74) is 1.01. The number of nitrogens with one attached hydrogen (secondary N) is 2. The zero-order valence-electron chi connectivity index (χ0n) is 18.1. The lowest BCUT2D eigenvalue weighted by Crippen LogP contribution is -2.48. The third kappa shape index (κ3) is 4.57. The zero-order chi connectivity index (χ0) is 22.2. The fourth-order valence-corrected chi connectivity index (χ4v) is 6.45. The van der Waals surface area contributed by atoms with Crippen LogP contribution >= 0.6 is 0 Å². The molecular weight excluding hydrogens is 418 g/mol. The number of benzene rings is 1. The fourth-order valence-electron chi connectivity index (χ4n) is 4.70. The van der Waals surface area contributed by atoms with E-state index in [2.05, 4.69) is 10.6 Å². The third-order valence-electron chi connectivity index (χ3n) is 6.53. The molecule has 2 aliphatic heterocycles. The van der Waals surface area contributed by atoms with Crippen molar-refractivity contribution in [2.75, 3.05) is 18.4 Å². The lowest BCUT2D eigenvalue weighted by Gasteiger charge is -2.33. The molecule has 2 fully saturated rings. The number of hydrogen-bond donors (Lipinski definition) is 2. The van der Waals surface area contributed by atoms with Gasteiger partial charge in [0, 0.05) is 25.2 Å². The van der Waals surface area contributed by atoms with E-state index in [-0.39, 0.29) is 35.2 Å². The van der Waals surface area contributed by atoms with Crippen LogP contribution in [0.4, 0.5) is 5.69 Å². The number of hydrogen-bond acceptors (Lipinski definition) is 5. The highest BCUT2D eigenvalue weighted by molar-refractivity contribution is 7.89. The summed E-state index contributed by atoms with van der Waals surface area (Å²) in [6.45, 7) is 3.90. The van der Waals surface area contributed by atoms with Crippen molar-refractivity contribution in [3.05, 3.63) is 17.7 Å². The van der Waals surface area contributed by atoms with Gasteiger partial charge in [0.05, 0.1) is 16.5 Å². The highest BCUT2D eigenvalue weighted by Crippen LogP contribution is 2.36. The van der Waals surface area contributed by atoms with Crippen LogP contribution in [0, 0.1) is 12.8 Å². The van der Waals surface area contributed by atoms with E-state index in [0.29, 0.717) is 36.4 Å². The van der Waals surface area contributed by atoms with Crippen LogP contribution in [0.2, 0.25) is 0 Å². The van der Waals surface area contributed by atoms with Gasteiger partial charge >= 0.3 is 0 Å². The van der Waals surface area contributed by atoms with Crippen molar-refractivity contribution in [2.45, 2.75) is 75.8 Å². The van der Waals surface area contributed by atoms with Crippen molar-refractivity contribution in [1.82, 2.24) is 9.62 Å². The topological polar surface area (TPSA) is 105 Å². The van der Waals surface area contributed by atoms with Gasteiger partial charge in [0.2, 0.25) is 15.9 Å². The molecule has 0 aromatic heterocycles. The van der Waals surface area contributed by atoms with E-state index in [0.717, 1.165) is 25.7 Å². The van der Waals surface area contributed by atoms with Crippen LogP contribution in [0.1, 0.15) is 57.4 Å². The average Bonchev–Trinajstić information content (AvgIpc) is 2.75. The lowest BCUT2D eigenvalue weighted by molar-refractivity contribution is -0.127. The van der Waals surface area contributed by atoms with E-state index in [1.165, 1.54) is 16.8 Å². The highest BCUT2D eigenvalue weighted by Gasteiger charge is 2.36. The van der Waals surface area contributed by atoms with Crippen molar-refractivity contribution in [1.29, 1.82) is 0 Å². The number of sulfonamides is 1. The van der Waals surface area contributed by atoms with E-state index in [9.17, 15) is 18.0 Å². The number of amides is 2. The zero-order valence-corrected chi connectivity index (χ0v) is 19.0. The molecule has 2 atom stereocenters. The molecule has 0 radical (unpaired) electrons. The van der Waals surface area contributed by atoms with E-state index in [4.69, 9.17) is 4.74 Å². The second kappa shape index (κ2) is 8.78. The quantitative estimate of drug-likeness (QED) is 0.735. The lowest BCUT2D eigenvalue weighted by atomic mass is 9.93. The monoisotopic (exact) mass is 449 g/mol. The van der Waals surface area contributed by atoms with Crippen LogP contribution in [-0.2, 0) is 19.6 Å². The Labute approximate surface area is 183 Å². The van der Waals surface area contributed by atoms with Gasteiger partial charge in [0.15, 0.2) is 6.10 Å². The summed E-state index contributed by atoms with van der Waals surface area (Å²) in [5, 5.41) is 5.89. The van der Waals surface area contributed by atoms with Gasteiger partial charge in [-0.25, -0.2) is 8.42 Å². The Hall–Kier alpha value is -2.13. The molecule has 31 heavy (non-hydrogen) atoms. The maximum atomic E-state index is 13.4. The largest absolute Gasteiger partial charge is 0.479 e. The summed E-state index contributed by atoms with van der Waals surface area (Å²) in [4.78, 5) is 24.8. The van der Waals surface area contributed by atoms with Crippen LogP contribution < -0.4 is 15.4 Å². The minimum absolute atomic E-state index is 0.0335. The van der Waals surface area contributed by atoms with E-state index in [1.807, 2.05) is 0 Å². The molecule has 2 heterocycles. The number of carbonyl (C=O) groups is 2. The molecule has 2 amide bonds. The Kier molecular flexibility index (Phi) is 6.25. The molecule has 4 rings (SSSR count). The first kappa shape index (κ1) is 22.1. The smallest absolute Gasteiger partial charge is 0.265 e. The molecule has 0 unspecified atom stereocenters. The Morgan fingerprint density at radius 1 is 1.16 bits per heavy atom. The van der Waals surface area contributed by atoms with Crippen molar-refractivity contribution in [3.63, 3.8) is 0 Å². The van der Waals surface area contributed by atoms with Crippen LogP contribution in [0.15, 0.2) is 17.0 Å². The maximum Gasteiger partial charge on any atom is 0.265 e.